The van der Waals surface area contributed by atoms with Crippen molar-refractivity contribution < 1.29 is 4.79 Å². The van der Waals surface area contributed by atoms with Crippen molar-refractivity contribution in [3.63, 3.8) is 0 Å². The minimum absolute atomic E-state index is 0.0323. The molecule has 0 atom stereocenters. The monoisotopic (exact) mass is 313 g/mol. The van der Waals surface area contributed by atoms with Gasteiger partial charge in [0.05, 0.1) is 0 Å². The Hall–Kier alpha value is -2.21. The van der Waals surface area contributed by atoms with Gasteiger partial charge in [-0.1, -0.05) is 6.92 Å². The Kier molecular flexibility index (Phi) is 4.43. The fourth-order valence-electron chi connectivity index (χ4n) is 2.90. The number of aryl methyl sites for hydroxylation is 2. The standard InChI is InChI=1S/C17H23N5O/c1-4-21(10-14-5-7-18-8-6-14)15-11-22(12-15)17(23)16-9-13(2)20(3)19-16/h5-9,15H,4,10-12H2,1-3H3. The van der Waals surface area contributed by atoms with Gasteiger partial charge in [0.2, 0.25) is 0 Å². The van der Waals surface area contributed by atoms with Crippen molar-refractivity contribution in [3.05, 3.63) is 47.5 Å². The Balaban J connectivity index is 1.57. The van der Waals surface area contributed by atoms with Crippen LogP contribution in [0.4, 0.5) is 0 Å². The van der Waals surface area contributed by atoms with E-state index >= 15 is 0 Å². The lowest BCUT2D eigenvalue weighted by Crippen LogP contribution is -2.60. The second-order valence-electron chi connectivity index (χ2n) is 6.08. The Morgan fingerprint density at radius 3 is 2.61 bits per heavy atom. The van der Waals surface area contributed by atoms with Crippen LogP contribution in [-0.2, 0) is 13.6 Å². The van der Waals surface area contributed by atoms with Gasteiger partial charge in [0, 0.05) is 50.8 Å². The van der Waals surface area contributed by atoms with Crippen LogP contribution in [0.5, 0.6) is 0 Å². The van der Waals surface area contributed by atoms with Gasteiger partial charge in [-0.2, -0.15) is 5.10 Å². The van der Waals surface area contributed by atoms with Gasteiger partial charge in [-0.15, -0.1) is 0 Å². The maximum absolute atomic E-state index is 12.4. The Morgan fingerprint density at radius 1 is 1.35 bits per heavy atom. The molecule has 1 aliphatic rings. The third-order valence-electron chi connectivity index (χ3n) is 4.54. The number of carbonyl (C=O) groups excluding carboxylic acids is 1. The number of amides is 1. The maximum atomic E-state index is 12.4. The summed E-state index contributed by atoms with van der Waals surface area (Å²) >= 11 is 0. The second kappa shape index (κ2) is 6.50. The van der Waals surface area contributed by atoms with Crippen LogP contribution in [0.2, 0.25) is 0 Å². The average molecular weight is 313 g/mol. The van der Waals surface area contributed by atoms with E-state index < -0.39 is 0 Å². The van der Waals surface area contributed by atoms with Crippen molar-refractivity contribution in [2.24, 2.45) is 7.05 Å². The van der Waals surface area contributed by atoms with Crippen LogP contribution in [0, 0.1) is 6.92 Å². The highest BCUT2D eigenvalue weighted by Crippen LogP contribution is 2.19. The molecule has 3 rings (SSSR count). The molecule has 2 aromatic rings. The third-order valence-corrected chi connectivity index (χ3v) is 4.54. The third kappa shape index (κ3) is 3.27. The van der Waals surface area contributed by atoms with E-state index in [9.17, 15) is 4.79 Å². The van der Waals surface area contributed by atoms with E-state index in [1.54, 1.807) is 4.68 Å². The summed E-state index contributed by atoms with van der Waals surface area (Å²) in [5.74, 6) is 0.0323. The first-order valence-electron chi connectivity index (χ1n) is 8.01. The summed E-state index contributed by atoms with van der Waals surface area (Å²) in [6.07, 6.45) is 3.65. The van der Waals surface area contributed by atoms with Crippen LogP contribution >= 0.6 is 0 Å². The Labute approximate surface area is 136 Å². The molecule has 0 spiro atoms. The molecule has 23 heavy (non-hydrogen) atoms. The molecule has 0 radical (unpaired) electrons. The molecular weight excluding hydrogens is 290 g/mol. The number of hydrogen-bond acceptors (Lipinski definition) is 4. The highest BCUT2D eigenvalue weighted by molar-refractivity contribution is 5.93. The van der Waals surface area contributed by atoms with E-state index in [-0.39, 0.29) is 5.91 Å². The predicted molar refractivity (Wildman–Crippen MR) is 88.0 cm³/mol. The molecule has 1 fully saturated rings. The zero-order valence-corrected chi connectivity index (χ0v) is 13.9. The van der Waals surface area contributed by atoms with Crippen LogP contribution in [-0.4, -0.2) is 56.1 Å². The lowest BCUT2D eigenvalue weighted by atomic mass is 10.1. The molecule has 3 heterocycles. The number of nitrogens with zero attached hydrogens (tertiary/aromatic N) is 5. The summed E-state index contributed by atoms with van der Waals surface area (Å²) in [6.45, 7) is 7.52. The lowest BCUT2D eigenvalue weighted by Gasteiger charge is -2.45. The van der Waals surface area contributed by atoms with Crippen molar-refractivity contribution >= 4 is 5.91 Å². The number of aromatic nitrogens is 3. The molecule has 0 N–H and O–H groups in total. The number of likely N-dealkylation sites (N-methyl/N-ethyl adjacent to an activating group) is 1. The molecule has 2 aromatic heterocycles. The summed E-state index contributed by atoms with van der Waals surface area (Å²) in [6, 6.07) is 6.35. The fraction of sp³-hybridized carbons (Fsp3) is 0.471. The van der Waals surface area contributed by atoms with Gasteiger partial charge in [-0.3, -0.25) is 19.4 Å². The van der Waals surface area contributed by atoms with Crippen molar-refractivity contribution in [2.75, 3.05) is 19.6 Å². The highest BCUT2D eigenvalue weighted by atomic mass is 16.2. The summed E-state index contributed by atoms with van der Waals surface area (Å²) < 4.78 is 1.74. The molecule has 0 saturated carbocycles. The summed E-state index contributed by atoms with van der Waals surface area (Å²) in [7, 11) is 1.86. The largest absolute Gasteiger partial charge is 0.334 e. The van der Waals surface area contributed by atoms with Gasteiger partial charge in [-0.25, -0.2) is 0 Å². The first kappa shape index (κ1) is 15.7. The molecule has 122 valence electrons. The molecule has 0 unspecified atom stereocenters. The number of carbonyl (C=O) groups is 1. The SMILES string of the molecule is CCN(Cc1ccncc1)C1CN(C(=O)c2cc(C)n(C)n2)C1. The van der Waals surface area contributed by atoms with Crippen molar-refractivity contribution in [1.29, 1.82) is 0 Å². The van der Waals surface area contributed by atoms with Gasteiger partial charge in [0.25, 0.3) is 5.91 Å². The van der Waals surface area contributed by atoms with Crippen LogP contribution in [0.1, 0.15) is 28.7 Å². The van der Waals surface area contributed by atoms with Gasteiger partial charge in [0.15, 0.2) is 5.69 Å². The molecule has 1 amide bonds. The zero-order chi connectivity index (χ0) is 16.4. The molecule has 0 aromatic carbocycles. The average Bonchev–Trinajstić information content (AvgIpc) is 2.85. The quantitative estimate of drug-likeness (QED) is 0.839. The molecule has 1 aliphatic heterocycles. The number of likely N-dealkylation sites (tertiary alicyclic amines) is 1. The minimum Gasteiger partial charge on any atom is -0.334 e. The molecule has 0 bridgehead atoms. The number of pyridine rings is 1. The van der Waals surface area contributed by atoms with Gasteiger partial charge < -0.3 is 4.90 Å². The predicted octanol–water partition coefficient (Wildman–Crippen LogP) is 1.47. The van der Waals surface area contributed by atoms with Crippen LogP contribution in [0.3, 0.4) is 0 Å². The van der Waals surface area contributed by atoms with Crippen molar-refractivity contribution in [3.8, 4) is 0 Å². The van der Waals surface area contributed by atoms with Crippen molar-refractivity contribution in [1.82, 2.24) is 24.6 Å². The summed E-state index contributed by atoms with van der Waals surface area (Å²) in [4.78, 5) is 20.8. The van der Waals surface area contributed by atoms with Gasteiger partial charge in [0.1, 0.15) is 0 Å². The van der Waals surface area contributed by atoms with E-state index in [0.717, 1.165) is 31.9 Å². The number of hydrogen-bond donors (Lipinski definition) is 0. The zero-order valence-electron chi connectivity index (χ0n) is 13.9. The van der Waals surface area contributed by atoms with E-state index in [2.05, 4.69) is 21.9 Å². The second-order valence-corrected chi connectivity index (χ2v) is 6.08. The molecule has 6 heteroatoms. The fourth-order valence-corrected chi connectivity index (χ4v) is 2.90. The minimum atomic E-state index is 0.0323. The summed E-state index contributed by atoms with van der Waals surface area (Å²) in [5, 5.41) is 4.28. The van der Waals surface area contributed by atoms with Crippen LogP contribution < -0.4 is 0 Å². The first-order valence-corrected chi connectivity index (χ1v) is 8.01. The smallest absolute Gasteiger partial charge is 0.274 e. The maximum Gasteiger partial charge on any atom is 0.274 e. The first-order chi connectivity index (χ1) is 11.1. The number of rotatable bonds is 5. The summed E-state index contributed by atoms with van der Waals surface area (Å²) in [5.41, 5.74) is 2.80. The van der Waals surface area contributed by atoms with Gasteiger partial charge >= 0.3 is 0 Å². The normalized spacial score (nSPS) is 15.0. The topological polar surface area (TPSA) is 54.3 Å². The molecular formula is C17H23N5O. The Bertz CT molecular complexity index is 656. The molecule has 0 aliphatic carbocycles. The van der Waals surface area contributed by atoms with Crippen LogP contribution in [0.15, 0.2) is 30.6 Å². The Morgan fingerprint density at radius 2 is 2.04 bits per heavy atom. The lowest BCUT2D eigenvalue weighted by molar-refractivity contribution is 0.0249. The van der Waals surface area contributed by atoms with E-state index in [4.69, 9.17) is 0 Å². The van der Waals surface area contributed by atoms with Crippen LogP contribution in [0.25, 0.3) is 0 Å². The molecule has 6 nitrogen and oxygen atoms in total. The van der Waals surface area contributed by atoms with E-state index in [0.29, 0.717) is 11.7 Å². The highest BCUT2D eigenvalue weighted by Gasteiger charge is 2.35. The van der Waals surface area contributed by atoms with E-state index in [1.165, 1.54) is 5.56 Å². The van der Waals surface area contributed by atoms with E-state index in [1.807, 2.05) is 49.5 Å². The molecule has 1 saturated heterocycles. The van der Waals surface area contributed by atoms with Crippen molar-refractivity contribution in [2.45, 2.75) is 26.4 Å². The van der Waals surface area contributed by atoms with Gasteiger partial charge in [-0.05, 0) is 37.2 Å².